The zero-order chi connectivity index (χ0) is 19.1. The van der Waals surface area contributed by atoms with Crippen molar-refractivity contribution in [2.24, 2.45) is 0 Å². The molecule has 0 radical (unpaired) electrons. The number of carbonyl (C=O) groups excluding carboxylic acids is 3. The van der Waals surface area contributed by atoms with Gasteiger partial charge in [-0.3, -0.25) is 4.79 Å². The number of carboxylic acids is 2. The van der Waals surface area contributed by atoms with Crippen LogP contribution in [0, 0.1) is 0 Å². The summed E-state index contributed by atoms with van der Waals surface area (Å²) in [7, 11) is 5.90. The molecule has 1 aliphatic heterocycles. The summed E-state index contributed by atoms with van der Waals surface area (Å²) in [5.74, 6) is -3.67. The van der Waals surface area contributed by atoms with Crippen molar-refractivity contribution in [1.29, 1.82) is 0 Å². The normalized spacial score (nSPS) is 16.3. The van der Waals surface area contributed by atoms with Crippen LogP contribution in [0.1, 0.15) is 16.8 Å². The minimum absolute atomic E-state index is 0.0173. The molecule has 0 fully saturated rings. The molecule has 0 spiro atoms. The lowest BCUT2D eigenvalue weighted by atomic mass is 10.2. The summed E-state index contributed by atoms with van der Waals surface area (Å²) < 4.78 is 6.89. The number of hydrogen-bond donors (Lipinski definition) is 0. The molecule has 8 nitrogen and oxygen atoms in total. The Morgan fingerprint density at radius 3 is 2.44 bits per heavy atom. The third kappa shape index (κ3) is 6.71. The average molecular weight is 415 g/mol. The Hall–Kier alpha value is -2.13. The van der Waals surface area contributed by atoms with Gasteiger partial charge in [0.25, 0.3) is 5.91 Å². The van der Waals surface area contributed by atoms with E-state index >= 15 is 0 Å². The van der Waals surface area contributed by atoms with Crippen molar-refractivity contribution < 1.29 is 29.3 Å². The van der Waals surface area contributed by atoms with Gasteiger partial charge in [0.1, 0.15) is 11.9 Å². The Morgan fingerprint density at radius 2 is 1.92 bits per heavy atom. The van der Waals surface area contributed by atoms with Crippen LogP contribution in [-0.2, 0) is 9.59 Å². The van der Waals surface area contributed by atoms with Crippen molar-refractivity contribution in [3.63, 3.8) is 0 Å². The highest BCUT2D eigenvalue weighted by molar-refractivity contribution is 9.10. The summed E-state index contributed by atoms with van der Waals surface area (Å²) in [5, 5.41) is 17.9. The average Bonchev–Trinajstić information content (AvgIpc) is 2.64. The Labute approximate surface area is 154 Å². The van der Waals surface area contributed by atoms with E-state index in [0.717, 1.165) is 17.4 Å². The summed E-state index contributed by atoms with van der Waals surface area (Å²) in [5.41, 5.74) is 0.629. The monoisotopic (exact) mass is 414 g/mol. The summed E-state index contributed by atoms with van der Waals surface area (Å²) >= 11 is 3.40. The van der Waals surface area contributed by atoms with Crippen LogP contribution in [0.25, 0.3) is 0 Å². The van der Waals surface area contributed by atoms with Crippen molar-refractivity contribution >= 4 is 33.8 Å². The third-order valence-corrected chi connectivity index (χ3v) is 3.85. The number of carboxylic acid groups (broad SMARTS) is 2. The fraction of sp³-hybridized carbons (Fsp3) is 0.438. The molecule has 2 rings (SSSR count). The highest BCUT2D eigenvalue weighted by Crippen LogP contribution is 2.28. The van der Waals surface area contributed by atoms with E-state index in [1.165, 1.54) is 0 Å². The molecule has 0 bridgehead atoms. The first-order valence-corrected chi connectivity index (χ1v) is 8.19. The molecule has 9 heteroatoms. The number of rotatable bonds is 3. The molecule has 1 atom stereocenters. The molecule has 0 N–H and O–H groups in total. The van der Waals surface area contributed by atoms with Crippen LogP contribution in [0.3, 0.4) is 0 Å². The van der Waals surface area contributed by atoms with Gasteiger partial charge in [-0.15, -0.1) is 0 Å². The smallest absolute Gasteiger partial charge is 0.257 e. The predicted molar refractivity (Wildman–Crippen MR) is 88.7 cm³/mol. The first-order valence-electron chi connectivity index (χ1n) is 7.40. The number of aliphatic carboxylic acids is 2. The van der Waals surface area contributed by atoms with E-state index in [0.29, 0.717) is 17.9 Å². The van der Waals surface area contributed by atoms with Gasteiger partial charge in [0, 0.05) is 18.1 Å². The molecule has 0 saturated carbocycles. The molecule has 1 aliphatic rings. The fourth-order valence-corrected chi connectivity index (χ4v) is 2.50. The molecular weight excluding hydrogens is 396 g/mol. The third-order valence-electron chi connectivity index (χ3n) is 3.35. The van der Waals surface area contributed by atoms with Crippen molar-refractivity contribution in [3.05, 3.63) is 28.2 Å². The summed E-state index contributed by atoms with van der Waals surface area (Å²) in [6.45, 7) is 1.57. The van der Waals surface area contributed by atoms with Crippen LogP contribution in [0.4, 0.5) is 0 Å². The van der Waals surface area contributed by atoms with Crippen LogP contribution in [0.15, 0.2) is 22.7 Å². The van der Waals surface area contributed by atoms with Gasteiger partial charge in [-0.25, -0.2) is 0 Å². The molecule has 0 saturated heterocycles. The van der Waals surface area contributed by atoms with E-state index in [4.69, 9.17) is 24.5 Å². The minimum Gasteiger partial charge on any atom is -0.543 e. The summed E-state index contributed by atoms with van der Waals surface area (Å²) in [6, 6.07) is 5.59. The van der Waals surface area contributed by atoms with Crippen molar-refractivity contribution in [3.8, 4) is 5.75 Å². The zero-order valence-electron chi connectivity index (χ0n) is 14.2. The quantitative estimate of drug-likeness (QED) is 0.565. The molecule has 1 amide bonds. The van der Waals surface area contributed by atoms with Crippen molar-refractivity contribution in [2.75, 3.05) is 34.2 Å². The lowest BCUT2D eigenvalue weighted by Gasteiger charge is -2.22. The fourth-order valence-electron chi connectivity index (χ4n) is 2.14. The molecule has 25 heavy (non-hydrogen) atoms. The zero-order valence-corrected chi connectivity index (χ0v) is 15.7. The van der Waals surface area contributed by atoms with E-state index in [2.05, 4.69) is 20.8 Å². The van der Waals surface area contributed by atoms with Gasteiger partial charge in [0.05, 0.1) is 24.0 Å². The van der Waals surface area contributed by atoms with Gasteiger partial charge in [0.15, 0.2) is 0 Å². The first-order chi connectivity index (χ1) is 11.6. The number of halogens is 1. The largest absolute Gasteiger partial charge is 0.543 e. The Balaban J connectivity index is 0.000000450. The van der Waals surface area contributed by atoms with E-state index in [1.54, 1.807) is 4.90 Å². The molecule has 1 aromatic rings. The molecular formula is C16H19BrN2O6-2. The maximum Gasteiger partial charge on any atom is 0.257 e. The number of nitrogens with zero attached hydrogens (tertiary/aromatic N) is 2. The Bertz CT molecular complexity index is 638. The first kappa shape index (κ1) is 20.9. The van der Waals surface area contributed by atoms with Crippen molar-refractivity contribution in [1.82, 2.24) is 9.80 Å². The molecule has 1 aromatic carbocycles. The van der Waals surface area contributed by atoms with Crippen LogP contribution < -0.4 is 14.9 Å². The van der Waals surface area contributed by atoms with Crippen LogP contribution >= 0.6 is 15.9 Å². The van der Waals surface area contributed by atoms with Gasteiger partial charge in [-0.05, 0) is 38.7 Å². The van der Waals surface area contributed by atoms with Crippen LogP contribution in [-0.4, -0.2) is 68.0 Å². The number of benzene rings is 1. The second kappa shape index (κ2) is 9.38. The van der Waals surface area contributed by atoms with Gasteiger partial charge in [0.2, 0.25) is 0 Å². The summed E-state index contributed by atoms with van der Waals surface area (Å²) in [4.78, 5) is 34.0. The number of fused-ring (bicyclic) bond motifs is 1. The second-order valence-electron chi connectivity index (χ2n) is 5.73. The van der Waals surface area contributed by atoms with Gasteiger partial charge in [-0.1, -0.05) is 15.9 Å². The number of carbonyl (C=O) groups is 3. The standard InChI is InChI=1S/C14H19BrN2O2.C2H2O4/c1-16(2)7-6-11-9-17(3)14(18)12-8-10(15)4-5-13(12)19-11;3-1(4)2(5)6/h4-5,8,11H,6-7,9H2,1-3H3;(H,3,4)(H,5,6)/p-2. The maximum atomic E-state index is 12.3. The molecule has 1 unspecified atom stereocenters. The second-order valence-corrected chi connectivity index (χ2v) is 6.65. The topological polar surface area (TPSA) is 113 Å². The molecule has 0 aromatic heterocycles. The van der Waals surface area contributed by atoms with Crippen LogP contribution in [0.2, 0.25) is 0 Å². The molecule has 138 valence electrons. The van der Waals surface area contributed by atoms with Crippen molar-refractivity contribution in [2.45, 2.75) is 12.5 Å². The number of ether oxygens (including phenoxy) is 1. The summed E-state index contributed by atoms with van der Waals surface area (Å²) in [6.07, 6.45) is 0.943. The van der Waals surface area contributed by atoms with E-state index < -0.39 is 11.9 Å². The lowest BCUT2D eigenvalue weighted by Crippen LogP contribution is -2.42. The SMILES string of the molecule is CN(C)CCC1CN(C)C(=O)c2cc(Br)ccc2O1.O=C([O-])C(=O)[O-]. The molecule has 0 aliphatic carbocycles. The maximum absolute atomic E-state index is 12.3. The van der Waals surface area contributed by atoms with E-state index in [1.807, 2.05) is 39.3 Å². The van der Waals surface area contributed by atoms with Gasteiger partial charge in [-0.2, -0.15) is 0 Å². The number of likely N-dealkylation sites (N-methyl/N-ethyl adjacent to an activating group) is 1. The lowest BCUT2D eigenvalue weighted by molar-refractivity contribution is -0.345. The van der Waals surface area contributed by atoms with Gasteiger partial charge >= 0.3 is 0 Å². The number of amides is 1. The van der Waals surface area contributed by atoms with E-state index in [9.17, 15) is 4.79 Å². The number of hydrogen-bond acceptors (Lipinski definition) is 7. The van der Waals surface area contributed by atoms with E-state index in [-0.39, 0.29) is 12.0 Å². The van der Waals surface area contributed by atoms with Gasteiger partial charge < -0.3 is 34.3 Å². The molecule has 1 heterocycles. The predicted octanol–water partition coefficient (Wildman–Crippen LogP) is -1.28. The Kier molecular flexibility index (Phi) is 7.85. The Morgan fingerprint density at radius 1 is 1.32 bits per heavy atom. The highest BCUT2D eigenvalue weighted by Gasteiger charge is 2.26. The van der Waals surface area contributed by atoms with Crippen LogP contribution in [0.5, 0.6) is 5.75 Å². The highest BCUT2D eigenvalue weighted by atomic mass is 79.9. The minimum atomic E-state index is -2.19.